The molecule has 4 nitrogen and oxygen atoms in total. The summed E-state index contributed by atoms with van der Waals surface area (Å²) in [4.78, 5) is 23.4. The molecule has 0 aliphatic carbocycles. The zero-order valence-electron chi connectivity index (χ0n) is 13.1. The lowest BCUT2D eigenvalue weighted by Gasteiger charge is -2.06. The molecular formula is C18H18O4S. The molecule has 2 aromatic carbocycles. The van der Waals surface area contributed by atoms with Crippen molar-refractivity contribution in [1.29, 1.82) is 0 Å². The van der Waals surface area contributed by atoms with Gasteiger partial charge in [0.1, 0.15) is 0 Å². The van der Waals surface area contributed by atoms with E-state index in [1.54, 1.807) is 13.8 Å². The number of benzene rings is 2. The summed E-state index contributed by atoms with van der Waals surface area (Å²) in [5, 5.41) is 0. The smallest absolute Gasteiger partial charge is 0.206 e. The molecule has 0 heterocycles. The van der Waals surface area contributed by atoms with Crippen LogP contribution in [0.2, 0.25) is 0 Å². The van der Waals surface area contributed by atoms with Crippen molar-refractivity contribution in [3.63, 3.8) is 0 Å². The Morgan fingerprint density at radius 1 is 0.696 bits per heavy atom. The lowest BCUT2D eigenvalue weighted by molar-refractivity contribution is 0.0980. The number of hydrogen-bond acceptors (Lipinski definition) is 4. The fraction of sp³-hybridized carbons (Fsp3) is 0.222. The highest BCUT2D eigenvalue weighted by Crippen LogP contribution is 2.22. The predicted molar refractivity (Wildman–Crippen MR) is 87.6 cm³/mol. The van der Waals surface area contributed by atoms with Gasteiger partial charge in [-0.25, -0.2) is 8.42 Å². The van der Waals surface area contributed by atoms with Gasteiger partial charge in [0.05, 0.1) is 9.79 Å². The second kappa shape index (κ2) is 6.87. The first-order chi connectivity index (χ1) is 10.9. The highest BCUT2D eigenvalue weighted by Gasteiger charge is 2.18. The van der Waals surface area contributed by atoms with Gasteiger partial charge in [-0.2, -0.15) is 0 Å². The first-order valence-electron chi connectivity index (χ1n) is 7.41. The minimum atomic E-state index is -3.66. The molecule has 0 radical (unpaired) electrons. The maximum Gasteiger partial charge on any atom is 0.206 e. The molecule has 0 aromatic heterocycles. The number of carbonyl (C=O) groups excluding carboxylic acids is 2. The van der Waals surface area contributed by atoms with Gasteiger partial charge < -0.3 is 0 Å². The Morgan fingerprint density at radius 3 is 1.26 bits per heavy atom. The molecule has 0 saturated heterocycles. The van der Waals surface area contributed by atoms with Crippen molar-refractivity contribution in [2.45, 2.75) is 36.5 Å². The van der Waals surface area contributed by atoms with Crippen LogP contribution in [0.5, 0.6) is 0 Å². The van der Waals surface area contributed by atoms with Crippen LogP contribution < -0.4 is 0 Å². The summed E-state index contributed by atoms with van der Waals surface area (Å²) < 4.78 is 25.1. The Kier molecular flexibility index (Phi) is 5.11. The normalized spacial score (nSPS) is 11.2. The molecule has 23 heavy (non-hydrogen) atoms. The molecule has 2 rings (SSSR count). The fourth-order valence-electron chi connectivity index (χ4n) is 2.18. The van der Waals surface area contributed by atoms with Crippen LogP contribution in [0.4, 0.5) is 0 Å². The third-order valence-electron chi connectivity index (χ3n) is 3.62. The van der Waals surface area contributed by atoms with E-state index < -0.39 is 9.84 Å². The first-order valence-corrected chi connectivity index (χ1v) is 8.90. The molecule has 0 saturated carbocycles. The average molecular weight is 330 g/mol. The van der Waals surface area contributed by atoms with E-state index in [-0.39, 0.29) is 21.4 Å². The molecule has 0 aliphatic heterocycles. The van der Waals surface area contributed by atoms with Gasteiger partial charge in [0.15, 0.2) is 11.6 Å². The van der Waals surface area contributed by atoms with E-state index in [0.717, 1.165) is 0 Å². The van der Waals surface area contributed by atoms with Gasteiger partial charge in [-0.1, -0.05) is 38.1 Å². The van der Waals surface area contributed by atoms with Crippen molar-refractivity contribution in [3.8, 4) is 0 Å². The quantitative estimate of drug-likeness (QED) is 0.757. The lowest BCUT2D eigenvalue weighted by atomic mass is 10.1. The molecule has 0 atom stereocenters. The average Bonchev–Trinajstić information content (AvgIpc) is 2.60. The number of ketones is 2. The number of sulfone groups is 1. The maximum atomic E-state index is 12.6. The molecule has 0 fully saturated rings. The Labute approximate surface area is 136 Å². The van der Waals surface area contributed by atoms with Crippen LogP contribution in [0.15, 0.2) is 58.3 Å². The molecule has 0 aliphatic rings. The number of rotatable bonds is 6. The highest BCUT2D eigenvalue weighted by molar-refractivity contribution is 7.91. The standard InChI is InChI=1S/C18H18O4S/c1-3-17(19)13-5-9-15(10-6-13)23(21,22)16-11-7-14(8-12-16)18(20)4-2/h5-12H,3-4H2,1-2H3. The Bertz CT molecular complexity index is 751. The van der Waals surface area contributed by atoms with E-state index >= 15 is 0 Å². The minimum absolute atomic E-state index is 0.0311. The van der Waals surface area contributed by atoms with Crippen LogP contribution in [0.3, 0.4) is 0 Å². The summed E-state index contributed by atoms with van der Waals surface area (Å²) in [6.45, 7) is 3.51. The second-order valence-corrected chi connectivity index (χ2v) is 7.06. The SMILES string of the molecule is CCC(=O)c1ccc(S(=O)(=O)c2ccc(C(=O)CC)cc2)cc1. The van der Waals surface area contributed by atoms with Gasteiger partial charge in [0.2, 0.25) is 9.84 Å². The first kappa shape index (κ1) is 17.1. The van der Waals surface area contributed by atoms with Crippen LogP contribution >= 0.6 is 0 Å². The molecule has 0 bridgehead atoms. The van der Waals surface area contributed by atoms with Crippen molar-refractivity contribution in [1.82, 2.24) is 0 Å². The summed E-state index contributed by atoms with van der Waals surface area (Å²) in [7, 11) is -3.66. The van der Waals surface area contributed by atoms with Gasteiger partial charge in [-0.3, -0.25) is 9.59 Å². The van der Waals surface area contributed by atoms with Crippen LogP contribution in [-0.4, -0.2) is 20.0 Å². The molecule has 0 amide bonds. The molecule has 120 valence electrons. The third kappa shape index (κ3) is 3.56. The summed E-state index contributed by atoms with van der Waals surface area (Å²) in [5.74, 6) is -0.0623. The van der Waals surface area contributed by atoms with E-state index in [1.807, 2.05) is 0 Å². The van der Waals surface area contributed by atoms with E-state index in [2.05, 4.69) is 0 Å². The monoisotopic (exact) mass is 330 g/mol. The Morgan fingerprint density at radius 2 is 1.00 bits per heavy atom. The van der Waals surface area contributed by atoms with Crippen molar-refractivity contribution in [2.75, 3.05) is 0 Å². The van der Waals surface area contributed by atoms with E-state index in [1.165, 1.54) is 48.5 Å². The zero-order chi connectivity index (χ0) is 17.0. The molecule has 5 heteroatoms. The second-order valence-electron chi connectivity index (χ2n) is 5.11. The number of hydrogen-bond donors (Lipinski definition) is 0. The van der Waals surface area contributed by atoms with Crippen molar-refractivity contribution in [3.05, 3.63) is 59.7 Å². The largest absolute Gasteiger partial charge is 0.294 e. The summed E-state index contributed by atoms with van der Waals surface area (Å²) in [6, 6.07) is 11.8. The predicted octanol–water partition coefficient (Wildman–Crippen LogP) is 3.70. The Hall–Kier alpha value is -2.27. The van der Waals surface area contributed by atoms with E-state index in [9.17, 15) is 18.0 Å². The van der Waals surface area contributed by atoms with Gasteiger partial charge >= 0.3 is 0 Å². The molecular weight excluding hydrogens is 312 g/mol. The molecule has 0 N–H and O–H groups in total. The molecule has 0 spiro atoms. The number of carbonyl (C=O) groups is 2. The van der Waals surface area contributed by atoms with E-state index in [4.69, 9.17) is 0 Å². The number of Topliss-reactive ketones (excluding diaryl/α,β-unsaturated/α-hetero) is 2. The van der Waals surface area contributed by atoms with Gasteiger partial charge in [-0.15, -0.1) is 0 Å². The zero-order valence-corrected chi connectivity index (χ0v) is 13.9. The third-order valence-corrected chi connectivity index (χ3v) is 5.40. The summed E-state index contributed by atoms with van der Waals surface area (Å²) >= 11 is 0. The lowest BCUT2D eigenvalue weighted by Crippen LogP contribution is -2.04. The van der Waals surface area contributed by atoms with Crippen LogP contribution in [0.1, 0.15) is 47.4 Å². The minimum Gasteiger partial charge on any atom is -0.294 e. The van der Waals surface area contributed by atoms with Crippen LogP contribution in [-0.2, 0) is 9.84 Å². The van der Waals surface area contributed by atoms with Crippen LogP contribution in [0.25, 0.3) is 0 Å². The van der Waals surface area contributed by atoms with Gasteiger partial charge in [0.25, 0.3) is 0 Å². The Balaban J connectivity index is 2.34. The topological polar surface area (TPSA) is 68.3 Å². The van der Waals surface area contributed by atoms with Gasteiger partial charge in [-0.05, 0) is 24.3 Å². The molecule has 2 aromatic rings. The summed E-state index contributed by atoms with van der Waals surface area (Å²) in [6.07, 6.45) is 0.748. The van der Waals surface area contributed by atoms with Crippen LogP contribution in [0, 0.1) is 0 Å². The van der Waals surface area contributed by atoms with Crippen molar-refractivity contribution in [2.24, 2.45) is 0 Å². The fourth-order valence-corrected chi connectivity index (χ4v) is 3.45. The van der Waals surface area contributed by atoms with Crippen molar-refractivity contribution < 1.29 is 18.0 Å². The van der Waals surface area contributed by atoms with Gasteiger partial charge in [0, 0.05) is 24.0 Å². The maximum absolute atomic E-state index is 12.6. The highest BCUT2D eigenvalue weighted by atomic mass is 32.2. The van der Waals surface area contributed by atoms with E-state index in [0.29, 0.717) is 24.0 Å². The molecule has 0 unspecified atom stereocenters. The summed E-state index contributed by atoms with van der Waals surface area (Å²) in [5.41, 5.74) is 0.991. The van der Waals surface area contributed by atoms with Crippen molar-refractivity contribution >= 4 is 21.4 Å².